The van der Waals surface area contributed by atoms with E-state index in [9.17, 15) is 4.79 Å². The molecule has 3 nitrogen and oxygen atoms in total. The molecular formula is C15H15BrN2O. The predicted molar refractivity (Wildman–Crippen MR) is 82.4 cm³/mol. The average Bonchev–Trinajstić information content (AvgIpc) is 2.36. The van der Waals surface area contributed by atoms with E-state index in [0.717, 1.165) is 21.3 Å². The fourth-order valence-corrected chi connectivity index (χ4v) is 2.29. The van der Waals surface area contributed by atoms with E-state index >= 15 is 0 Å². The Hall–Kier alpha value is -1.81. The standard InChI is InChI=1S/C15H15BrN2O/c1-9-3-6-14(12(16)7-9)18-15(19)11-5-4-10(2)13(17)8-11/h3-8H,17H2,1-2H3,(H,18,19). The van der Waals surface area contributed by atoms with E-state index in [2.05, 4.69) is 21.2 Å². The number of nitrogen functional groups attached to an aromatic ring is 1. The van der Waals surface area contributed by atoms with Gasteiger partial charge in [-0.1, -0.05) is 12.1 Å². The monoisotopic (exact) mass is 318 g/mol. The van der Waals surface area contributed by atoms with Gasteiger partial charge in [0.2, 0.25) is 0 Å². The lowest BCUT2D eigenvalue weighted by Gasteiger charge is -2.09. The molecule has 2 aromatic carbocycles. The zero-order valence-electron chi connectivity index (χ0n) is 10.8. The van der Waals surface area contributed by atoms with Gasteiger partial charge in [-0.2, -0.15) is 0 Å². The Labute approximate surface area is 121 Å². The van der Waals surface area contributed by atoms with Gasteiger partial charge in [0.15, 0.2) is 0 Å². The molecule has 4 heteroatoms. The third kappa shape index (κ3) is 3.15. The van der Waals surface area contributed by atoms with Gasteiger partial charge in [0.25, 0.3) is 5.91 Å². The van der Waals surface area contributed by atoms with Crippen LogP contribution in [0.25, 0.3) is 0 Å². The average molecular weight is 319 g/mol. The van der Waals surface area contributed by atoms with Crippen molar-refractivity contribution in [1.29, 1.82) is 0 Å². The molecule has 0 unspecified atom stereocenters. The molecule has 0 aliphatic heterocycles. The largest absolute Gasteiger partial charge is 0.398 e. The Morgan fingerprint density at radius 2 is 1.89 bits per heavy atom. The summed E-state index contributed by atoms with van der Waals surface area (Å²) in [5.74, 6) is -0.170. The predicted octanol–water partition coefficient (Wildman–Crippen LogP) is 3.90. The molecule has 0 aliphatic carbocycles. The van der Waals surface area contributed by atoms with Crippen molar-refractivity contribution in [3.05, 3.63) is 57.6 Å². The Morgan fingerprint density at radius 3 is 2.53 bits per heavy atom. The van der Waals surface area contributed by atoms with Crippen LogP contribution in [0.3, 0.4) is 0 Å². The second kappa shape index (κ2) is 5.45. The SMILES string of the molecule is Cc1ccc(NC(=O)c2ccc(C)c(N)c2)c(Br)c1. The minimum absolute atomic E-state index is 0.170. The van der Waals surface area contributed by atoms with Crippen molar-refractivity contribution >= 4 is 33.2 Å². The number of halogens is 1. The zero-order chi connectivity index (χ0) is 14.0. The zero-order valence-corrected chi connectivity index (χ0v) is 12.4. The Balaban J connectivity index is 2.23. The molecule has 98 valence electrons. The van der Waals surface area contributed by atoms with E-state index in [-0.39, 0.29) is 5.91 Å². The maximum absolute atomic E-state index is 12.1. The first-order chi connectivity index (χ1) is 8.97. The molecule has 0 aliphatic rings. The number of hydrogen-bond donors (Lipinski definition) is 2. The van der Waals surface area contributed by atoms with Crippen LogP contribution in [0.15, 0.2) is 40.9 Å². The summed E-state index contributed by atoms with van der Waals surface area (Å²) in [6.45, 7) is 3.91. The van der Waals surface area contributed by atoms with Gasteiger partial charge in [-0.25, -0.2) is 0 Å². The van der Waals surface area contributed by atoms with E-state index in [1.165, 1.54) is 0 Å². The lowest BCUT2D eigenvalue weighted by Crippen LogP contribution is -2.12. The fraction of sp³-hybridized carbons (Fsp3) is 0.133. The first-order valence-corrected chi connectivity index (χ1v) is 6.70. The summed E-state index contributed by atoms with van der Waals surface area (Å²) in [4.78, 5) is 12.1. The van der Waals surface area contributed by atoms with Crippen molar-refractivity contribution in [2.45, 2.75) is 13.8 Å². The van der Waals surface area contributed by atoms with Crippen molar-refractivity contribution in [3.63, 3.8) is 0 Å². The molecule has 0 fully saturated rings. The van der Waals surface area contributed by atoms with Crippen molar-refractivity contribution in [3.8, 4) is 0 Å². The van der Waals surface area contributed by atoms with Crippen molar-refractivity contribution < 1.29 is 4.79 Å². The van der Waals surface area contributed by atoms with Gasteiger partial charge in [-0.05, 0) is 65.2 Å². The second-order valence-corrected chi connectivity index (χ2v) is 5.36. The molecule has 0 spiro atoms. The van der Waals surface area contributed by atoms with Gasteiger partial charge in [0.1, 0.15) is 0 Å². The van der Waals surface area contributed by atoms with Gasteiger partial charge < -0.3 is 11.1 Å². The summed E-state index contributed by atoms with van der Waals surface area (Å²) in [7, 11) is 0. The third-order valence-corrected chi connectivity index (χ3v) is 3.57. The number of carbonyl (C=O) groups is 1. The first-order valence-electron chi connectivity index (χ1n) is 5.91. The number of rotatable bonds is 2. The van der Waals surface area contributed by atoms with E-state index in [1.54, 1.807) is 12.1 Å². The van der Waals surface area contributed by atoms with E-state index in [1.807, 2.05) is 38.1 Å². The molecule has 19 heavy (non-hydrogen) atoms. The number of anilines is 2. The molecule has 0 heterocycles. The van der Waals surface area contributed by atoms with Crippen LogP contribution >= 0.6 is 15.9 Å². The molecule has 2 rings (SSSR count). The highest BCUT2D eigenvalue weighted by Crippen LogP contribution is 2.24. The highest BCUT2D eigenvalue weighted by molar-refractivity contribution is 9.10. The molecule has 1 amide bonds. The lowest BCUT2D eigenvalue weighted by molar-refractivity contribution is 0.102. The van der Waals surface area contributed by atoms with Gasteiger partial charge in [0.05, 0.1) is 5.69 Å². The normalized spacial score (nSPS) is 10.3. The van der Waals surface area contributed by atoms with Crippen LogP contribution in [-0.2, 0) is 0 Å². The molecule has 0 saturated carbocycles. The minimum Gasteiger partial charge on any atom is -0.398 e. The molecular weight excluding hydrogens is 304 g/mol. The van der Waals surface area contributed by atoms with Gasteiger partial charge >= 0.3 is 0 Å². The van der Waals surface area contributed by atoms with Gasteiger partial charge in [-0.15, -0.1) is 0 Å². The van der Waals surface area contributed by atoms with Gasteiger partial charge in [0, 0.05) is 15.7 Å². The maximum Gasteiger partial charge on any atom is 0.255 e. The molecule has 0 radical (unpaired) electrons. The number of nitrogens with two attached hydrogens (primary N) is 1. The van der Waals surface area contributed by atoms with Crippen LogP contribution in [0.1, 0.15) is 21.5 Å². The number of hydrogen-bond acceptors (Lipinski definition) is 2. The summed E-state index contributed by atoms with van der Waals surface area (Å²) < 4.78 is 0.862. The molecule has 2 aromatic rings. The van der Waals surface area contributed by atoms with Crippen molar-refractivity contribution in [1.82, 2.24) is 0 Å². The fourth-order valence-electron chi connectivity index (χ4n) is 1.70. The minimum atomic E-state index is -0.170. The Kier molecular flexibility index (Phi) is 3.90. The highest BCUT2D eigenvalue weighted by atomic mass is 79.9. The molecule has 0 saturated heterocycles. The van der Waals surface area contributed by atoms with Crippen molar-refractivity contribution in [2.75, 3.05) is 11.1 Å². The van der Waals surface area contributed by atoms with E-state index < -0.39 is 0 Å². The van der Waals surface area contributed by atoms with Crippen LogP contribution in [0, 0.1) is 13.8 Å². The third-order valence-electron chi connectivity index (χ3n) is 2.91. The molecule has 3 N–H and O–H groups in total. The van der Waals surface area contributed by atoms with E-state index in [4.69, 9.17) is 5.73 Å². The smallest absolute Gasteiger partial charge is 0.255 e. The molecule has 0 atom stereocenters. The first kappa shape index (κ1) is 13.6. The Bertz CT molecular complexity index is 638. The molecule has 0 bridgehead atoms. The number of carbonyl (C=O) groups excluding carboxylic acids is 1. The topological polar surface area (TPSA) is 55.1 Å². The number of aryl methyl sites for hydroxylation is 2. The maximum atomic E-state index is 12.1. The van der Waals surface area contributed by atoms with Crippen LogP contribution in [0.2, 0.25) is 0 Å². The summed E-state index contributed by atoms with van der Waals surface area (Å²) in [6.07, 6.45) is 0. The summed E-state index contributed by atoms with van der Waals surface area (Å²) >= 11 is 3.43. The summed E-state index contributed by atoms with van der Waals surface area (Å²) in [5.41, 5.74) is 9.82. The summed E-state index contributed by atoms with van der Waals surface area (Å²) in [6, 6.07) is 11.1. The quantitative estimate of drug-likeness (QED) is 0.825. The van der Waals surface area contributed by atoms with Crippen LogP contribution in [0.5, 0.6) is 0 Å². The number of nitrogens with one attached hydrogen (secondary N) is 1. The summed E-state index contributed by atoms with van der Waals surface area (Å²) in [5, 5.41) is 2.86. The number of benzene rings is 2. The van der Waals surface area contributed by atoms with Crippen LogP contribution in [-0.4, -0.2) is 5.91 Å². The molecule has 0 aromatic heterocycles. The van der Waals surface area contributed by atoms with Crippen LogP contribution in [0.4, 0.5) is 11.4 Å². The van der Waals surface area contributed by atoms with Gasteiger partial charge in [-0.3, -0.25) is 4.79 Å². The number of amides is 1. The van der Waals surface area contributed by atoms with Crippen molar-refractivity contribution in [2.24, 2.45) is 0 Å². The second-order valence-electron chi connectivity index (χ2n) is 4.51. The highest BCUT2D eigenvalue weighted by Gasteiger charge is 2.09. The van der Waals surface area contributed by atoms with Crippen LogP contribution < -0.4 is 11.1 Å². The Morgan fingerprint density at radius 1 is 1.16 bits per heavy atom. The lowest BCUT2D eigenvalue weighted by atomic mass is 10.1. The van der Waals surface area contributed by atoms with E-state index in [0.29, 0.717) is 11.3 Å².